The maximum atomic E-state index is 12.1. The molecule has 108 valence electrons. The van der Waals surface area contributed by atoms with Gasteiger partial charge in [-0.15, -0.1) is 0 Å². The lowest BCUT2D eigenvalue weighted by Gasteiger charge is -2.09. The van der Waals surface area contributed by atoms with Gasteiger partial charge in [0, 0.05) is 21.4 Å². The van der Waals surface area contributed by atoms with E-state index in [2.05, 4.69) is 41.8 Å². The smallest absolute Gasteiger partial charge is 0.165 e. The highest BCUT2D eigenvalue weighted by atomic mass is 79.9. The van der Waals surface area contributed by atoms with Crippen molar-refractivity contribution in [2.45, 2.75) is 13.8 Å². The summed E-state index contributed by atoms with van der Waals surface area (Å²) in [5, 5.41) is 1.98. The fourth-order valence-electron chi connectivity index (χ4n) is 2.62. The third-order valence-electron chi connectivity index (χ3n) is 3.53. The highest BCUT2D eigenvalue weighted by Gasteiger charge is 2.21. The number of hydrogen-bond acceptors (Lipinski definition) is 3. The number of Topliss-reactive ketones (excluding diaryl/α,β-unsaturated/α-hetero) is 1. The van der Waals surface area contributed by atoms with Gasteiger partial charge in [-0.2, -0.15) is 0 Å². The molecule has 2 heterocycles. The van der Waals surface area contributed by atoms with E-state index in [1.807, 2.05) is 13.0 Å². The Morgan fingerprint density at radius 1 is 1.29 bits per heavy atom. The number of aromatic amines is 1. The van der Waals surface area contributed by atoms with E-state index in [-0.39, 0.29) is 5.78 Å². The fourth-order valence-corrected chi connectivity index (χ4v) is 3.72. The molecule has 0 saturated carbocycles. The van der Waals surface area contributed by atoms with E-state index in [0.29, 0.717) is 11.3 Å². The number of ether oxygens (including phenoxy) is 1. The van der Waals surface area contributed by atoms with Crippen LogP contribution in [0.2, 0.25) is 0 Å². The second-order valence-electron chi connectivity index (χ2n) is 4.81. The zero-order valence-electron chi connectivity index (χ0n) is 11.7. The third-order valence-corrected chi connectivity index (χ3v) is 4.72. The molecule has 21 heavy (non-hydrogen) atoms. The van der Waals surface area contributed by atoms with Crippen molar-refractivity contribution in [3.05, 3.63) is 32.5 Å². The van der Waals surface area contributed by atoms with Crippen molar-refractivity contribution in [1.29, 1.82) is 0 Å². The number of ketones is 1. The van der Waals surface area contributed by atoms with Crippen molar-refractivity contribution < 1.29 is 9.53 Å². The Bertz CT molecular complexity index is 900. The Labute approximate surface area is 138 Å². The van der Waals surface area contributed by atoms with Crippen molar-refractivity contribution in [2.24, 2.45) is 0 Å². The molecule has 0 aliphatic carbocycles. The fraction of sp³-hybridized carbons (Fsp3) is 0.200. The number of nitrogens with zero attached hydrogens (tertiary/aromatic N) is 1. The maximum absolute atomic E-state index is 12.1. The van der Waals surface area contributed by atoms with Crippen LogP contribution >= 0.6 is 31.9 Å². The number of benzene rings is 1. The molecule has 0 unspecified atom stereocenters. The second kappa shape index (κ2) is 5.10. The standard InChI is InChI=1S/C15H12Br2N2O2/c1-6-13-12(10(17)5-18-6)8-4-9(16)15(21-3)11(7(2)20)14(8)19-13/h4-5,19H,1-3H3. The summed E-state index contributed by atoms with van der Waals surface area (Å²) in [5.74, 6) is 0.495. The number of pyridine rings is 1. The quantitative estimate of drug-likeness (QED) is 0.618. The van der Waals surface area contributed by atoms with Crippen molar-refractivity contribution in [3.63, 3.8) is 0 Å². The summed E-state index contributed by atoms with van der Waals surface area (Å²) < 4.78 is 7.03. The lowest BCUT2D eigenvalue weighted by molar-refractivity contribution is 0.101. The minimum absolute atomic E-state index is 0.0496. The molecule has 0 amide bonds. The predicted molar refractivity (Wildman–Crippen MR) is 90.3 cm³/mol. The number of hydrogen-bond donors (Lipinski definition) is 1. The van der Waals surface area contributed by atoms with Gasteiger partial charge in [0.15, 0.2) is 5.78 Å². The summed E-state index contributed by atoms with van der Waals surface area (Å²) >= 11 is 7.03. The van der Waals surface area contributed by atoms with Crippen LogP contribution in [0.3, 0.4) is 0 Å². The van der Waals surface area contributed by atoms with Crippen LogP contribution in [-0.2, 0) is 0 Å². The predicted octanol–water partition coefficient (Wildman–Crippen LogP) is 4.76. The van der Waals surface area contributed by atoms with Gasteiger partial charge in [0.25, 0.3) is 0 Å². The van der Waals surface area contributed by atoms with Crippen LogP contribution in [-0.4, -0.2) is 22.9 Å². The van der Waals surface area contributed by atoms with E-state index >= 15 is 0 Å². The average Bonchev–Trinajstić information content (AvgIpc) is 2.81. The number of carbonyl (C=O) groups is 1. The van der Waals surface area contributed by atoms with Gasteiger partial charge < -0.3 is 9.72 Å². The average molecular weight is 412 g/mol. The first-order valence-electron chi connectivity index (χ1n) is 6.29. The van der Waals surface area contributed by atoms with Crippen LogP contribution in [0, 0.1) is 6.92 Å². The van der Waals surface area contributed by atoms with E-state index in [1.54, 1.807) is 13.3 Å². The molecule has 6 heteroatoms. The Morgan fingerprint density at radius 2 is 2.00 bits per heavy atom. The zero-order chi connectivity index (χ0) is 15.3. The first-order chi connectivity index (χ1) is 9.95. The Kier molecular flexibility index (Phi) is 3.53. The van der Waals surface area contributed by atoms with Crippen LogP contribution in [0.5, 0.6) is 5.75 Å². The number of fused-ring (bicyclic) bond motifs is 3. The molecule has 0 radical (unpaired) electrons. The molecule has 0 atom stereocenters. The molecular formula is C15H12Br2N2O2. The van der Waals surface area contributed by atoms with E-state index in [4.69, 9.17) is 4.74 Å². The Hall–Kier alpha value is -1.40. The summed E-state index contributed by atoms with van der Waals surface area (Å²) in [6.07, 6.45) is 1.77. The number of methoxy groups -OCH3 is 1. The minimum Gasteiger partial charge on any atom is -0.495 e. The van der Waals surface area contributed by atoms with Gasteiger partial charge in [-0.05, 0) is 51.8 Å². The monoisotopic (exact) mass is 410 g/mol. The van der Waals surface area contributed by atoms with Crippen LogP contribution < -0.4 is 4.74 Å². The normalized spacial score (nSPS) is 11.3. The van der Waals surface area contributed by atoms with Gasteiger partial charge in [-0.3, -0.25) is 9.78 Å². The van der Waals surface area contributed by atoms with Gasteiger partial charge in [-0.1, -0.05) is 0 Å². The number of H-pyrrole nitrogens is 1. The summed E-state index contributed by atoms with van der Waals surface area (Å²) in [6, 6.07) is 1.96. The zero-order valence-corrected chi connectivity index (χ0v) is 14.8. The SMILES string of the molecule is COc1c(Br)cc2c([nH]c3c(C)ncc(Br)c32)c1C(C)=O. The van der Waals surface area contributed by atoms with E-state index < -0.39 is 0 Å². The molecule has 0 aliphatic rings. The summed E-state index contributed by atoms with van der Waals surface area (Å²) in [7, 11) is 1.56. The molecule has 0 bridgehead atoms. The largest absolute Gasteiger partial charge is 0.495 e. The highest BCUT2D eigenvalue weighted by Crippen LogP contribution is 2.41. The highest BCUT2D eigenvalue weighted by molar-refractivity contribution is 9.11. The van der Waals surface area contributed by atoms with Gasteiger partial charge in [-0.25, -0.2) is 0 Å². The van der Waals surface area contributed by atoms with E-state index in [9.17, 15) is 4.79 Å². The van der Waals surface area contributed by atoms with E-state index in [0.717, 1.165) is 36.4 Å². The number of nitrogens with one attached hydrogen (secondary N) is 1. The van der Waals surface area contributed by atoms with Crippen molar-refractivity contribution >= 4 is 59.4 Å². The van der Waals surface area contributed by atoms with Crippen molar-refractivity contribution in [2.75, 3.05) is 7.11 Å². The number of aryl methyl sites for hydroxylation is 1. The molecule has 0 aliphatic heterocycles. The van der Waals surface area contributed by atoms with Crippen molar-refractivity contribution in [1.82, 2.24) is 9.97 Å². The maximum Gasteiger partial charge on any atom is 0.165 e. The number of carbonyl (C=O) groups excluding carboxylic acids is 1. The number of aromatic nitrogens is 2. The van der Waals surface area contributed by atoms with Gasteiger partial charge in [0.1, 0.15) is 5.75 Å². The number of rotatable bonds is 2. The molecule has 4 nitrogen and oxygen atoms in total. The third kappa shape index (κ3) is 2.08. The molecule has 1 aromatic carbocycles. The molecule has 0 spiro atoms. The molecule has 0 fully saturated rings. The molecular weight excluding hydrogens is 400 g/mol. The molecule has 3 rings (SSSR count). The molecule has 0 saturated heterocycles. The topological polar surface area (TPSA) is 55.0 Å². The number of halogens is 2. The minimum atomic E-state index is -0.0496. The molecule has 2 aromatic heterocycles. The van der Waals surface area contributed by atoms with Gasteiger partial charge in [0.2, 0.25) is 0 Å². The summed E-state index contributed by atoms with van der Waals surface area (Å²) in [5.41, 5.74) is 3.12. The lowest BCUT2D eigenvalue weighted by atomic mass is 10.1. The first-order valence-corrected chi connectivity index (χ1v) is 7.88. The van der Waals surface area contributed by atoms with E-state index in [1.165, 1.54) is 6.92 Å². The Morgan fingerprint density at radius 3 is 2.62 bits per heavy atom. The first kappa shape index (κ1) is 14.5. The summed E-state index contributed by atoms with van der Waals surface area (Å²) in [6.45, 7) is 3.47. The Balaban J connectivity index is 2.62. The second-order valence-corrected chi connectivity index (χ2v) is 6.52. The van der Waals surface area contributed by atoms with Crippen LogP contribution in [0.1, 0.15) is 23.0 Å². The molecule has 1 N–H and O–H groups in total. The van der Waals surface area contributed by atoms with Crippen LogP contribution in [0.25, 0.3) is 21.8 Å². The summed E-state index contributed by atoms with van der Waals surface area (Å²) in [4.78, 5) is 19.8. The van der Waals surface area contributed by atoms with Crippen LogP contribution in [0.15, 0.2) is 21.2 Å². The van der Waals surface area contributed by atoms with Crippen molar-refractivity contribution in [3.8, 4) is 5.75 Å². The lowest BCUT2D eigenvalue weighted by Crippen LogP contribution is -1.99. The van der Waals surface area contributed by atoms with Gasteiger partial charge in [0.05, 0.1) is 33.9 Å². The van der Waals surface area contributed by atoms with Gasteiger partial charge >= 0.3 is 0 Å². The molecule has 3 aromatic rings. The van der Waals surface area contributed by atoms with Crippen LogP contribution in [0.4, 0.5) is 0 Å².